The Morgan fingerprint density at radius 3 is 2.31 bits per heavy atom. The Morgan fingerprint density at radius 1 is 0.956 bits per heavy atom. The number of alkyl halides is 1. The molecule has 0 amide bonds. The van der Waals surface area contributed by atoms with Crippen LogP contribution in [0.3, 0.4) is 0 Å². The van der Waals surface area contributed by atoms with E-state index < -0.39 is 81.4 Å². The first-order valence-electron chi connectivity index (χ1n) is 13.1. The third-order valence-corrected chi connectivity index (χ3v) is 10.5. The molecule has 3 fully saturated rings. The molecule has 0 saturated carbocycles. The number of aliphatic hydroxyl groups excluding tert-OH is 1. The van der Waals surface area contributed by atoms with Crippen molar-refractivity contribution < 1.29 is 46.9 Å². The van der Waals surface area contributed by atoms with Crippen molar-refractivity contribution in [3.8, 4) is 0 Å². The standard InChI is InChI=1S/C21H24FN9O10P2S2/c1-7-28-18-12(19(33)29-7)27-6-31(18)21-15-13(32)8(38-21)2-36-42(34,44)40-14-9(3-37-43(35,45)41-15)39-20(10(14)22)30-5-26-11-16(23)24-4-25-17(11)30/h4-6,8-10,13-15,20-21,32H,2-3H2,1H3,(H,34,44)(H,35,45)(H2,23,24,25)(H,28,29,33)/t8-,9-,10-,13-,14-,15-,20-,21-,42?,43?/m1/s1. The van der Waals surface area contributed by atoms with E-state index in [2.05, 4.69) is 29.9 Å². The fraction of sp³-hybridized carbons (Fsp3) is 0.524. The van der Waals surface area contributed by atoms with E-state index in [0.29, 0.717) is 0 Å². The summed E-state index contributed by atoms with van der Waals surface area (Å²) in [5.41, 5.74) is 5.77. The van der Waals surface area contributed by atoms with Crippen LogP contribution >= 0.6 is 13.4 Å². The highest BCUT2D eigenvalue weighted by molar-refractivity contribution is 8.07. The van der Waals surface area contributed by atoms with E-state index in [1.807, 2.05) is 0 Å². The van der Waals surface area contributed by atoms with E-state index in [-0.39, 0.29) is 34.0 Å². The SMILES string of the molecule is Cc1nc2c(ncn2[C@@H]2O[C@@H]3COP(O)(=S)O[C@H]4[C@@H](F)[C@H](n5cnc6c(N)ncnc65)O[C@@H]4COP(O)(=S)O[C@@H]2[C@@H]3O)c(=O)[nH]1. The number of hydrogen-bond acceptors (Lipinski definition) is 16. The monoisotopic (exact) mass is 707 g/mol. The summed E-state index contributed by atoms with van der Waals surface area (Å²) in [6.45, 7) is -8.08. The summed E-state index contributed by atoms with van der Waals surface area (Å²) in [4.78, 5) is 57.4. The number of anilines is 1. The van der Waals surface area contributed by atoms with E-state index in [0.717, 1.165) is 0 Å². The largest absolute Gasteiger partial charge is 0.387 e. The minimum absolute atomic E-state index is 0.0231. The lowest BCUT2D eigenvalue weighted by molar-refractivity contribution is -0.0602. The van der Waals surface area contributed by atoms with Crippen molar-refractivity contribution in [1.29, 1.82) is 0 Å². The van der Waals surface area contributed by atoms with Crippen LogP contribution in [0.4, 0.5) is 10.2 Å². The number of aliphatic hydroxyl groups is 1. The zero-order valence-electron chi connectivity index (χ0n) is 22.8. The minimum Gasteiger partial charge on any atom is -0.387 e. The third kappa shape index (κ3) is 5.63. The number of aryl methyl sites for hydroxylation is 1. The third-order valence-electron chi connectivity index (χ3n) is 7.38. The van der Waals surface area contributed by atoms with Crippen LogP contribution in [0.25, 0.3) is 22.3 Å². The number of imidazole rings is 2. The van der Waals surface area contributed by atoms with Gasteiger partial charge in [0.25, 0.3) is 5.56 Å². The predicted molar refractivity (Wildman–Crippen MR) is 156 cm³/mol. The number of hydrogen-bond donors (Lipinski definition) is 5. The van der Waals surface area contributed by atoms with Crippen molar-refractivity contribution in [2.45, 2.75) is 56.1 Å². The van der Waals surface area contributed by atoms with Crippen LogP contribution in [0.2, 0.25) is 0 Å². The average molecular weight is 708 g/mol. The van der Waals surface area contributed by atoms with Crippen LogP contribution in [-0.4, -0.2) is 104 Å². The van der Waals surface area contributed by atoms with E-state index in [9.17, 15) is 19.7 Å². The average Bonchev–Trinajstić information content (AvgIpc) is 3.72. The van der Waals surface area contributed by atoms with Crippen LogP contribution in [0.15, 0.2) is 23.8 Å². The molecule has 7 heterocycles. The quantitative estimate of drug-likeness (QED) is 0.166. The van der Waals surface area contributed by atoms with Crippen molar-refractivity contribution in [1.82, 2.24) is 39.0 Å². The summed E-state index contributed by atoms with van der Waals surface area (Å²) in [5, 5.41) is 11.2. The Balaban J connectivity index is 1.21. The maximum absolute atomic E-state index is 16.0. The van der Waals surface area contributed by atoms with Gasteiger partial charge in [-0.05, 0) is 30.5 Å². The highest BCUT2D eigenvalue weighted by Gasteiger charge is 2.53. The molecular formula is C21H24FN9O10P2S2. The highest BCUT2D eigenvalue weighted by Crippen LogP contribution is 2.54. The van der Waals surface area contributed by atoms with Crippen LogP contribution in [0, 0.1) is 6.92 Å². The van der Waals surface area contributed by atoms with Crippen molar-refractivity contribution >= 4 is 65.2 Å². The maximum Gasteiger partial charge on any atom is 0.325 e. The zero-order valence-corrected chi connectivity index (χ0v) is 26.2. The molecule has 4 aromatic rings. The van der Waals surface area contributed by atoms with Gasteiger partial charge in [-0.3, -0.25) is 23.0 Å². The Hall–Kier alpha value is -2.43. The molecule has 2 unspecified atom stereocenters. The molecule has 10 atom stereocenters. The summed E-state index contributed by atoms with van der Waals surface area (Å²) in [6.07, 6.45) is -8.12. The summed E-state index contributed by atoms with van der Waals surface area (Å²) in [7, 11) is 0. The zero-order chi connectivity index (χ0) is 31.8. The van der Waals surface area contributed by atoms with Crippen molar-refractivity contribution in [3.05, 3.63) is 35.2 Å². The van der Waals surface area contributed by atoms with Crippen molar-refractivity contribution in [2.24, 2.45) is 0 Å². The molecule has 3 aliphatic rings. The maximum atomic E-state index is 16.0. The Labute approximate surface area is 260 Å². The lowest BCUT2D eigenvalue weighted by Gasteiger charge is -2.27. The van der Waals surface area contributed by atoms with Gasteiger partial charge in [-0.25, -0.2) is 29.3 Å². The van der Waals surface area contributed by atoms with Gasteiger partial charge in [0.15, 0.2) is 41.3 Å². The van der Waals surface area contributed by atoms with Crippen molar-refractivity contribution in [3.63, 3.8) is 0 Å². The van der Waals surface area contributed by atoms with E-state index >= 15 is 4.39 Å². The second kappa shape index (κ2) is 11.4. The first kappa shape index (κ1) is 31.2. The number of halogens is 1. The molecule has 0 radical (unpaired) electrons. The van der Waals surface area contributed by atoms with Gasteiger partial charge in [0.05, 0.1) is 25.9 Å². The van der Waals surface area contributed by atoms with Crippen LogP contribution in [-0.2, 0) is 51.2 Å². The van der Waals surface area contributed by atoms with Gasteiger partial charge in [-0.1, -0.05) is 0 Å². The smallest absolute Gasteiger partial charge is 0.325 e. The number of rotatable bonds is 2. The normalized spacial score (nSPS) is 37.7. The number of nitrogens with zero attached hydrogens (tertiary/aromatic N) is 7. The second-order valence-corrected chi connectivity index (χ2v) is 15.9. The molecular weight excluding hydrogens is 683 g/mol. The first-order chi connectivity index (χ1) is 21.3. The van der Waals surface area contributed by atoms with Crippen LogP contribution in [0.5, 0.6) is 0 Å². The van der Waals surface area contributed by atoms with Gasteiger partial charge < -0.3 is 44.1 Å². The molecule has 0 aliphatic carbocycles. The Kier molecular flexibility index (Phi) is 7.88. The fourth-order valence-electron chi connectivity index (χ4n) is 5.35. The van der Waals surface area contributed by atoms with Gasteiger partial charge in [0, 0.05) is 0 Å². The van der Waals surface area contributed by atoms with Crippen LogP contribution in [0.1, 0.15) is 18.3 Å². The number of ether oxygens (including phenoxy) is 2. The van der Waals surface area contributed by atoms with Gasteiger partial charge >= 0.3 is 13.4 Å². The fourth-order valence-corrected chi connectivity index (χ4v) is 8.20. The second-order valence-electron chi connectivity index (χ2n) is 10.3. The summed E-state index contributed by atoms with van der Waals surface area (Å²) >= 11 is 10.4. The number of aromatic nitrogens is 8. The predicted octanol–water partition coefficient (Wildman–Crippen LogP) is -0.405. The minimum atomic E-state index is -4.24. The summed E-state index contributed by atoms with van der Waals surface area (Å²) in [5.74, 6) is 0.335. The van der Waals surface area contributed by atoms with Crippen LogP contribution < -0.4 is 11.3 Å². The molecule has 45 heavy (non-hydrogen) atoms. The molecule has 3 saturated heterocycles. The molecule has 6 N–H and O–H groups in total. The topological polar surface area (TPSA) is 249 Å². The first-order valence-corrected chi connectivity index (χ1v) is 18.3. The van der Waals surface area contributed by atoms with Gasteiger partial charge in [-0.2, -0.15) is 0 Å². The molecule has 242 valence electrons. The Morgan fingerprint density at radius 2 is 1.58 bits per heavy atom. The van der Waals surface area contributed by atoms with Crippen molar-refractivity contribution in [2.75, 3.05) is 18.9 Å². The molecule has 4 aromatic heterocycles. The lowest BCUT2D eigenvalue weighted by atomic mass is 10.1. The Bertz CT molecular complexity index is 1950. The van der Waals surface area contributed by atoms with E-state index in [4.69, 9.17) is 56.9 Å². The highest BCUT2D eigenvalue weighted by atomic mass is 32.5. The number of aromatic amines is 1. The molecule has 0 spiro atoms. The number of nitrogens with one attached hydrogen (secondary N) is 1. The number of nitrogens with two attached hydrogens (primary N) is 1. The van der Waals surface area contributed by atoms with Gasteiger partial charge in [0.2, 0.25) is 0 Å². The molecule has 3 aliphatic heterocycles. The number of fused-ring (bicyclic) bond motifs is 5. The summed E-state index contributed by atoms with van der Waals surface area (Å²) in [6, 6.07) is 0. The molecule has 24 heteroatoms. The summed E-state index contributed by atoms with van der Waals surface area (Å²) < 4.78 is 52.8. The lowest BCUT2D eigenvalue weighted by Crippen LogP contribution is -2.35. The van der Waals surface area contributed by atoms with E-state index in [1.165, 1.54) is 28.1 Å². The van der Waals surface area contributed by atoms with Gasteiger partial charge in [0.1, 0.15) is 48.2 Å². The molecule has 19 nitrogen and oxygen atoms in total. The number of nitrogen functional groups attached to an aromatic ring is 1. The molecule has 2 bridgehead atoms. The van der Waals surface area contributed by atoms with E-state index in [1.54, 1.807) is 6.92 Å². The molecule has 0 aromatic carbocycles. The van der Waals surface area contributed by atoms with Gasteiger partial charge in [-0.15, -0.1) is 0 Å². The number of H-pyrrole nitrogens is 1. The molecule has 7 rings (SSSR count).